The van der Waals surface area contributed by atoms with Crippen molar-refractivity contribution < 1.29 is 18.7 Å². The van der Waals surface area contributed by atoms with Gasteiger partial charge in [-0.3, -0.25) is 9.59 Å². The van der Waals surface area contributed by atoms with Crippen molar-refractivity contribution in [2.24, 2.45) is 0 Å². The van der Waals surface area contributed by atoms with Gasteiger partial charge >= 0.3 is 5.97 Å². The number of carbonyl (C=O) groups is 2. The second-order valence-electron chi connectivity index (χ2n) is 4.93. The molecule has 1 aromatic carbocycles. The fraction of sp³-hybridized carbons (Fsp3) is 0.312. The second-order valence-corrected chi connectivity index (χ2v) is 4.93. The maximum Gasteiger partial charge on any atom is 0.307 e. The van der Waals surface area contributed by atoms with Crippen molar-refractivity contribution in [1.29, 1.82) is 0 Å². The minimum absolute atomic E-state index is 0.0970. The average Bonchev–Trinajstić information content (AvgIpc) is 2.90. The van der Waals surface area contributed by atoms with Crippen LogP contribution in [0.25, 0.3) is 11.3 Å². The van der Waals surface area contributed by atoms with E-state index in [1.165, 1.54) is 7.11 Å². The van der Waals surface area contributed by atoms with Gasteiger partial charge in [0, 0.05) is 18.5 Å². The summed E-state index contributed by atoms with van der Waals surface area (Å²) in [4.78, 5) is 27.7. The molecule has 0 aliphatic carbocycles. The lowest BCUT2D eigenvalue weighted by Gasteiger charge is -2.11. The number of ether oxygens (including phenoxy) is 1. The Morgan fingerprint density at radius 1 is 1.32 bits per heavy atom. The highest BCUT2D eigenvalue weighted by molar-refractivity contribution is 5.98. The third kappa shape index (κ3) is 3.72. The number of hydrogen-bond acceptors (Lipinski definition) is 5. The highest BCUT2D eigenvalue weighted by Gasteiger charge is 2.22. The van der Waals surface area contributed by atoms with Crippen LogP contribution in [-0.2, 0) is 9.53 Å². The van der Waals surface area contributed by atoms with Crippen molar-refractivity contribution in [3.63, 3.8) is 0 Å². The Morgan fingerprint density at radius 2 is 2.00 bits per heavy atom. The Hall–Kier alpha value is -2.63. The first-order valence-electron chi connectivity index (χ1n) is 6.91. The first-order chi connectivity index (χ1) is 10.5. The normalized spacial score (nSPS) is 11.8. The average molecular weight is 302 g/mol. The van der Waals surface area contributed by atoms with Gasteiger partial charge in [0.05, 0.1) is 13.5 Å². The molecule has 0 saturated heterocycles. The van der Waals surface area contributed by atoms with E-state index in [1.54, 1.807) is 13.8 Å². The molecule has 6 heteroatoms. The summed E-state index contributed by atoms with van der Waals surface area (Å²) in [5.74, 6) is 0.0602. The smallest absolute Gasteiger partial charge is 0.307 e. The standard InChI is InChI=1S/C16H18N2O4/c1-10(9-13(19)21-3)17-16(20)14-15(22-11(2)18-14)12-7-5-4-6-8-12/h4-8,10H,9H2,1-3H3,(H,17,20)/t10-/m1/s1. The predicted molar refractivity (Wildman–Crippen MR) is 80.2 cm³/mol. The van der Waals surface area contributed by atoms with E-state index >= 15 is 0 Å². The molecule has 0 saturated carbocycles. The number of benzene rings is 1. The molecular weight excluding hydrogens is 284 g/mol. The third-order valence-electron chi connectivity index (χ3n) is 3.06. The summed E-state index contributed by atoms with van der Waals surface area (Å²) < 4.78 is 10.1. The molecule has 1 aromatic heterocycles. The van der Waals surface area contributed by atoms with Gasteiger partial charge in [-0.1, -0.05) is 30.3 Å². The molecule has 2 aromatic rings. The minimum atomic E-state index is -0.382. The molecule has 22 heavy (non-hydrogen) atoms. The predicted octanol–water partition coefficient (Wildman–Crippen LogP) is 2.33. The number of methoxy groups -OCH3 is 1. The van der Waals surface area contributed by atoms with Crippen LogP contribution in [0.15, 0.2) is 34.7 Å². The third-order valence-corrected chi connectivity index (χ3v) is 3.06. The Balaban J connectivity index is 2.19. The van der Waals surface area contributed by atoms with Crippen molar-refractivity contribution in [3.05, 3.63) is 41.9 Å². The molecule has 1 amide bonds. The topological polar surface area (TPSA) is 81.4 Å². The van der Waals surface area contributed by atoms with E-state index in [4.69, 9.17) is 4.42 Å². The summed E-state index contributed by atoms with van der Waals surface area (Å²) in [5, 5.41) is 2.72. The van der Waals surface area contributed by atoms with E-state index in [1.807, 2.05) is 30.3 Å². The van der Waals surface area contributed by atoms with Gasteiger partial charge < -0.3 is 14.5 Å². The fourth-order valence-electron chi connectivity index (χ4n) is 2.04. The van der Waals surface area contributed by atoms with Gasteiger partial charge in [-0.05, 0) is 6.92 Å². The van der Waals surface area contributed by atoms with Crippen LogP contribution in [0.4, 0.5) is 0 Å². The van der Waals surface area contributed by atoms with Crippen LogP contribution in [0.5, 0.6) is 0 Å². The van der Waals surface area contributed by atoms with Crippen molar-refractivity contribution in [1.82, 2.24) is 10.3 Å². The Bertz CT molecular complexity index is 664. The number of rotatable bonds is 5. The molecule has 1 heterocycles. The van der Waals surface area contributed by atoms with Gasteiger partial charge in [0.25, 0.3) is 5.91 Å². The molecule has 2 rings (SSSR count). The monoisotopic (exact) mass is 302 g/mol. The lowest BCUT2D eigenvalue weighted by molar-refractivity contribution is -0.141. The summed E-state index contributed by atoms with van der Waals surface area (Å²) in [5.41, 5.74) is 0.981. The van der Waals surface area contributed by atoms with E-state index in [2.05, 4.69) is 15.0 Å². The quantitative estimate of drug-likeness (QED) is 0.857. The molecule has 0 aliphatic heterocycles. The Morgan fingerprint density at radius 3 is 2.64 bits per heavy atom. The van der Waals surface area contributed by atoms with Crippen molar-refractivity contribution >= 4 is 11.9 Å². The molecule has 0 spiro atoms. The van der Waals surface area contributed by atoms with Crippen molar-refractivity contribution in [2.75, 3.05) is 7.11 Å². The van der Waals surface area contributed by atoms with E-state index in [-0.39, 0.29) is 30.0 Å². The Kier molecular flexibility index (Phi) is 4.93. The van der Waals surface area contributed by atoms with Crippen LogP contribution in [0.3, 0.4) is 0 Å². The highest BCUT2D eigenvalue weighted by Crippen LogP contribution is 2.24. The van der Waals surface area contributed by atoms with Crippen LogP contribution in [0, 0.1) is 6.92 Å². The van der Waals surface area contributed by atoms with Gasteiger partial charge in [-0.25, -0.2) is 4.98 Å². The fourth-order valence-corrected chi connectivity index (χ4v) is 2.04. The molecule has 0 unspecified atom stereocenters. The van der Waals surface area contributed by atoms with Gasteiger partial charge in [0.2, 0.25) is 0 Å². The summed E-state index contributed by atoms with van der Waals surface area (Å²) in [6.45, 7) is 3.41. The molecule has 0 aliphatic rings. The summed E-state index contributed by atoms with van der Waals surface area (Å²) >= 11 is 0. The van der Waals surface area contributed by atoms with Crippen LogP contribution in [0.1, 0.15) is 29.7 Å². The molecule has 6 nitrogen and oxygen atoms in total. The summed E-state index contributed by atoms with van der Waals surface area (Å²) in [6.07, 6.45) is 0.0970. The summed E-state index contributed by atoms with van der Waals surface area (Å²) in [6, 6.07) is 8.91. The molecule has 0 radical (unpaired) electrons. The van der Waals surface area contributed by atoms with E-state index in [0.29, 0.717) is 11.7 Å². The lowest BCUT2D eigenvalue weighted by atomic mass is 10.1. The Labute approximate surface area is 128 Å². The number of nitrogens with one attached hydrogen (secondary N) is 1. The van der Waals surface area contributed by atoms with Crippen LogP contribution < -0.4 is 5.32 Å². The molecule has 116 valence electrons. The molecule has 0 bridgehead atoms. The highest BCUT2D eigenvalue weighted by atomic mass is 16.5. The lowest BCUT2D eigenvalue weighted by Crippen LogP contribution is -2.34. The number of oxazole rings is 1. The molecule has 1 N–H and O–H groups in total. The number of amides is 1. The van der Waals surface area contributed by atoms with E-state index < -0.39 is 0 Å². The maximum absolute atomic E-state index is 12.3. The van der Waals surface area contributed by atoms with Crippen LogP contribution in [0.2, 0.25) is 0 Å². The second kappa shape index (κ2) is 6.89. The number of aromatic nitrogens is 1. The van der Waals surface area contributed by atoms with Crippen molar-refractivity contribution in [2.45, 2.75) is 26.3 Å². The first kappa shape index (κ1) is 15.8. The maximum atomic E-state index is 12.3. The minimum Gasteiger partial charge on any atom is -0.469 e. The molecule has 0 fully saturated rings. The number of esters is 1. The van der Waals surface area contributed by atoms with Crippen LogP contribution >= 0.6 is 0 Å². The number of carbonyl (C=O) groups excluding carboxylic acids is 2. The van der Waals surface area contributed by atoms with Gasteiger partial charge in [0.15, 0.2) is 17.3 Å². The molecule has 1 atom stereocenters. The van der Waals surface area contributed by atoms with Gasteiger partial charge in [0.1, 0.15) is 0 Å². The SMILES string of the molecule is COC(=O)C[C@@H](C)NC(=O)c1nc(C)oc1-c1ccccc1. The van der Waals surface area contributed by atoms with E-state index in [0.717, 1.165) is 5.56 Å². The molecular formula is C16H18N2O4. The number of hydrogen-bond donors (Lipinski definition) is 1. The number of aryl methyl sites for hydroxylation is 1. The van der Waals surface area contributed by atoms with Crippen LogP contribution in [-0.4, -0.2) is 30.0 Å². The first-order valence-corrected chi connectivity index (χ1v) is 6.91. The zero-order valence-electron chi connectivity index (χ0n) is 12.8. The van der Waals surface area contributed by atoms with Gasteiger partial charge in [-0.2, -0.15) is 0 Å². The number of nitrogens with zero attached hydrogens (tertiary/aromatic N) is 1. The largest absolute Gasteiger partial charge is 0.469 e. The van der Waals surface area contributed by atoms with E-state index in [9.17, 15) is 9.59 Å². The zero-order chi connectivity index (χ0) is 16.1. The van der Waals surface area contributed by atoms with Gasteiger partial charge in [-0.15, -0.1) is 0 Å². The van der Waals surface area contributed by atoms with Crippen molar-refractivity contribution in [3.8, 4) is 11.3 Å². The zero-order valence-corrected chi connectivity index (χ0v) is 12.8. The summed E-state index contributed by atoms with van der Waals surface area (Å²) in [7, 11) is 1.31.